The maximum Gasteiger partial charge on any atom is 0.355 e. The van der Waals surface area contributed by atoms with Crippen LogP contribution in [-0.4, -0.2) is 22.6 Å². The fourth-order valence-corrected chi connectivity index (χ4v) is 5.04. The van der Waals surface area contributed by atoms with Crippen molar-refractivity contribution in [1.29, 1.82) is 0 Å². The average molecular weight is 401 g/mol. The van der Waals surface area contributed by atoms with Crippen molar-refractivity contribution in [3.63, 3.8) is 0 Å². The van der Waals surface area contributed by atoms with Gasteiger partial charge in [0.15, 0.2) is 5.17 Å². The van der Waals surface area contributed by atoms with Crippen LogP contribution in [0.15, 0.2) is 69.0 Å². The number of esters is 1. The van der Waals surface area contributed by atoms with Gasteiger partial charge in [-0.15, -0.1) is 22.7 Å². The lowest BCUT2D eigenvalue weighted by Crippen LogP contribution is -2.34. The van der Waals surface area contributed by atoms with Crippen LogP contribution in [0.25, 0.3) is 6.08 Å². The zero-order chi connectivity index (χ0) is 17.9. The summed E-state index contributed by atoms with van der Waals surface area (Å²) in [7, 11) is 0. The van der Waals surface area contributed by atoms with Gasteiger partial charge < -0.3 is 9.64 Å². The number of ether oxygens (including phenoxy) is 1. The molecule has 26 heavy (non-hydrogen) atoms. The van der Waals surface area contributed by atoms with Crippen molar-refractivity contribution in [1.82, 2.24) is 4.90 Å². The Bertz CT molecular complexity index is 909. The van der Waals surface area contributed by atoms with Crippen LogP contribution in [0.4, 0.5) is 0 Å². The number of carbonyl (C=O) groups excluding carboxylic acids is 1. The highest BCUT2D eigenvalue weighted by atomic mass is 32.2. The SMILES string of the molecule is CCOC(=O)C1=CSC2=NC(/C=C/c3cccs3)=CC(c3cccs3)N12. The van der Waals surface area contributed by atoms with Crippen molar-refractivity contribution in [3.8, 4) is 0 Å². The van der Waals surface area contributed by atoms with E-state index in [9.17, 15) is 4.79 Å². The van der Waals surface area contributed by atoms with E-state index < -0.39 is 0 Å². The summed E-state index contributed by atoms with van der Waals surface area (Å²) in [4.78, 5) is 21.4. The molecule has 4 nitrogen and oxygen atoms in total. The molecule has 7 heteroatoms. The molecule has 1 atom stereocenters. The van der Waals surface area contributed by atoms with Crippen LogP contribution in [0, 0.1) is 0 Å². The fourth-order valence-electron chi connectivity index (χ4n) is 2.73. The molecule has 4 rings (SSSR count). The molecule has 4 heterocycles. The minimum Gasteiger partial charge on any atom is -0.461 e. The number of allylic oxidation sites excluding steroid dienone is 1. The van der Waals surface area contributed by atoms with Gasteiger partial charge in [0.1, 0.15) is 5.70 Å². The molecule has 1 unspecified atom stereocenters. The maximum atomic E-state index is 12.3. The minimum absolute atomic E-state index is 0.0591. The number of thioether (sulfide) groups is 1. The molecule has 2 aliphatic rings. The lowest BCUT2D eigenvalue weighted by molar-refractivity contribution is -0.139. The van der Waals surface area contributed by atoms with Gasteiger partial charge in [-0.1, -0.05) is 23.9 Å². The predicted octanol–water partition coefficient (Wildman–Crippen LogP) is 5.27. The summed E-state index contributed by atoms with van der Waals surface area (Å²) >= 11 is 4.83. The summed E-state index contributed by atoms with van der Waals surface area (Å²) in [5.41, 5.74) is 1.44. The highest BCUT2D eigenvalue weighted by Gasteiger charge is 2.37. The van der Waals surface area contributed by atoms with Crippen LogP contribution in [0.5, 0.6) is 0 Å². The van der Waals surface area contributed by atoms with Gasteiger partial charge >= 0.3 is 5.97 Å². The van der Waals surface area contributed by atoms with Crippen molar-refractivity contribution in [3.05, 3.63) is 73.7 Å². The van der Waals surface area contributed by atoms with Crippen LogP contribution in [-0.2, 0) is 9.53 Å². The minimum atomic E-state index is -0.308. The summed E-state index contributed by atoms with van der Waals surface area (Å²) < 4.78 is 5.22. The van der Waals surface area contributed by atoms with Crippen LogP contribution >= 0.6 is 34.4 Å². The molecule has 0 bridgehead atoms. The van der Waals surface area contributed by atoms with Crippen molar-refractivity contribution in [2.75, 3.05) is 6.61 Å². The zero-order valence-electron chi connectivity index (χ0n) is 14.0. The van der Waals surface area contributed by atoms with E-state index in [2.05, 4.69) is 29.7 Å². The van der Waals surface area contributed by atoms with Gasteiger partial charge in [-0.25, -0.2) is 9.79 Å². The Hall–Kier alpha value is -2.09. The van der Waals surface area contributed by atoms with E-state index in [0.717, 1.165) is 15.7 Å². The standard InChI is InChI=1S/C19H16N2O2S3/c1-2-23-18(22)16-12-26-19-20-13(7-8-14-5-3-9-24-14)11-15(21(16)19)17-6-4-10-25-17/h3-12,15H,2H2,1H3/b8-7+. The van der Waals surface area contributed by atoms with E-state index in [1.54, 1.807) is 22.7 Å². The molecular weight excluding hydrogens is 384 g/mol. The second-order valence-electron chi connectivity index (χ2n) is 5.51. The molecule has 0 aliphatic carbocycles. The third kappa shape index (κ3) is 3.42. The lowest BCUT2D eigenvalue weighted by atomic mass is 10.1. The van der Waals surface area contributed by atoms with Crippen LogP contribution in [0.3, 0.4) is 0 Å². The van der Waals surface area contributed by atoms with Gasteiger partial charge in [-0.3, -0.25) is 0 Å². The summed E-state index contributed by atoms with van der Waals surface area (Å²) in [6, 6.07) is 8.16. The first-order chi connectivity index (χ1) is 12.8. The monoisotopic (exact) mass is 400 g/mol. The van der Waals surface area contributed by atoms with Gasteiger partial charge in [0.05, 0.1) is 18.3 Å². The van der Waals surface area contributed by atoms with Gasteiger partial charge in [0.2, 0.25) is 0 Å². The Labute approximate surface area is 164 Å². The predicted molar refractivity (Wildman–Crippen MR) is 110 cm³/mol. The smallest absolute Gasteiger partial charge is 0.355 e. The number of carbonyl (C=O) groups is 1. The highest BCUT2D eigenvalue weighted by molar-refractivity contribution is 8.16. The van der Waals surface area contributed by atoms with Crippen molar-refractivity contribution < 1.29 is 9.53 Å². The van der Waals surface area contributed by atoms with Crippen LogP contribution in [0.2, 0.25) is 0 Å². The molecule has 0 saturated heterocycles. The first-order valence-electron chi connectivity index (χ1n) is 8.15. The van der Waals surface area contributed by atoms with Crippen molar-refractivity contribution >= 4 is 51.6 Å². The van der Waals surface area contributed by atoms with E-state index in [-0.39, 0.29) is 12.0 Å². The molecule has 132 valence electrons. The molecule has 0 amide bonds. The van der Waals surface area contributed by atoms with Gasteiger partial charge in [-0.05, 0) is 48.0 Å². The van der Waals surface area contributed by atoms with E-state index in [0.29, 0.717) is 12.3 Å². The zero-order valence-corrected chi connectivity index (χ0v) is 16.4. The van der Waals surface area contributed by atoms with E-state index in [4.69, 9.17) is 9.73 Å². The Morgan fingerprint density at radius 3 is 2.85 bits per heavy atom. The maximum absolute atomic E-state index is 12.3. The Morgan fingerprint density at radius 1 is 1.27 bits per heavy atom. The van der Waals surface area contributed by atoms with Gasteiger partial charge in [-0.2, -0.15) is 0 Å². The fraction of sp³-hybridized carbons (Fsp3) is 0.158. The normalized spacial score (nSPS) is 19.2. The van der Waals surface area contributed by atoms with Gasteiger partial charge in [0, 0.05) is 15.2 Å². The molecule has 0 radical (unpaired) electrons. The summed E-state index contributed by atoms with van der Waals surface area (Å²) in [5, 5.41) is 6.74. The topological polar surface area (TPSA) is 41.9 Å². The highest BCUT2D eigenvalue weighted by Crippen LogP contribution is 2.41. The Kier molecular flexibility index (Phi) is 5.10. The second-order valence-corrected chi connectivity index (χ2v) is 8.30. The van der Waals surface area contributed by atoms with Gasteiger partial charge in [0.25, 0.3) is 0 Å². The van der Waals surface area contributed by atoms with E-state index in [1.165, 1.54) is 16.6 Å². The summed E-state index contributed by atoms with van der Waals surface area (Å²) in [6.45, 7) is 2.17. The molecular formula is C19H16N2O2S3. The molecule has 0 N–H and O–H groups in total. The number of amidine groups is 1. The third-order valence-corrected chi connectivity index (χ3v) is 6.47. The van der Waals surface area contributed by atoms with E-state index >= 15 is 0 Å². The number of hydrogen-bond donors (Lipinski definition) is 0. The largest absolute Gasteiger partial charge is 0.461 e. The Balaban J connectivity index is 1.67. The number of aliphatic imine (C=N–C) groups is 1. The number of thiophene rings is 2. The molecule has 2 aromatic heterocycles. The molecule has 0 aromatic carbocycles. The Morgan fingerprint density at radius 2 is 2.12 bits per heavy atom. The molecule has 0 saturated carbocycles. The summed E-state index contributed by atoms with van der Waals surface area (Å²) in [6.07, 6.45) is 6.19. The molecule has 0 spiro atoms. The molecule has 2 aromatic rings. The quantitative estimate of drug-likeness (QED) is 0.641. The second kappa shape index (κ2) is 7.65. The third-order valence-electron chi connectivity index (χ3n) is 3.85. The number of hydrogen-bond acceptors (Lipinski definition) is 7. The molecule has 0 fully saturated rings. The number of rotatable bonds is 5. The first-order valence-corrected chi connectivity index (χ1v) is 10.8. The van der Waals surface area contributed by atoms with E-state index in [1.807, 2.05) is 40.8 Å². The molecule has 2 aliphatic heterocycles. The number of fused-ring (bicyclic) bond motifs is 1. The lowest BCUT2D eigenvalue weighted by Gasteiger charge is -2.31. The van der Waals surface area contributed by atoms with Crippen LogP contribution in [0.1, 0.15) is 22.7 Å². The number of nitrogens with zero attached hydrogens (tertiary/aromatic N) is 2. The van der Waals surface area contributed by atoms with Crippen molar-refractivity contribution in [2.45, 2.75) is 13.0 Å². The average Bonchev–Trinajstić information content (AvgIpc) is 3.40. The van der Waals surface area contributed by atoms with Crippen LogP contribution < -0.4 is 0 Å². The van der Waals surface area contributed by atoms with Crippen molar-refractivity contribution in [2.24, 2.45) is 4.99 Å². The first kappa shape index (κ1) is 17.3. The summed E-state index contributed by atoms with van der Waals surface area (Å²) in [5.74, 6) is -0.308.